The highest BCUT2D eigenvalue weighted by atomic mass is 35.5. The van der Waals surface area contributed by atoms with Gasteiger partial charge in [0.1, 0.15) is 0 Å². The van der Waals surface area contributed by atoms with Crippen LogP contribution in [0, 0.1) is 11.8 Å². The fourth-order valence-electron chi connectivity index (χ4n) is 0.0386. The van der Waals surface area contributed by atoms with Crippen LogP contribution < -0.4 is 0 Å². The van der Waals surface area contributed by atoms with Crippen LogP contribution in [0.2, 0.25) is 0 Å². The maximum absolute atomic E-state index is 5.25. The van der Waals surface area contributed by atoms with Gasteiger partial charge in [-0.15, -0.1) is 11.6 Å². The Labute approximate surface area is 30.8 Å². The molecule has 0 spiro atoms. The van der Waals surface area contributed by atoms with Crippen molar-refractivity contribution in [3.8, 4) is 0 Å². The number of halogens is 1. The molecule has 2 radical (unpaired) electrons. The van der Waals surface area contributed by atoms with Crippen molar-refractivity contribution in [2.75, 3.05) is 0 Å². The second-order valence-corrected chi connectivity index (χ2v) is 1.34. The van der Waals surface area contributed by atoms with Crippen LogP contribution in [-0.4, -0.2) is 0 Å². The molecule has 1 aliphatic rings. The molecule has 22 valence electrons. The van der Waals surface area contributed by atoms with E-state index in [9.17, 15) is 0 Å². The molecule has 0 atom stereocenters. The Morgan fingerprint density at radius 1 is 2.00 bits per heavy atom. The third kappa shape index (κ3) is 0.352. The highest BCUT2D eigenvalue weighted by Crippen LogP contribution is 2.33. The zero-order valence-corrected chi connectivity index (χ0v) is 2.92. The van der Waals surface area contributed by atoms with Gasteiger partial charge in [0, 0.05) is 0 Å². The summed E-state index contributed by atoms with van der Waals surface area (Å²) < 4.78 is 0. The summed E-state index contributed by atoms with van der Waals surface area (Å²) in [6.45, 7) is 0. The number of hydrogen-bond acceptors (Lipinski definition) is 0. The van der Waals surface area contributed by atoms with E-state index >= 15 is 0 Å². The minimum absolute atomic E-state index is 1.01. The lowest BCUT2D eigenvalue weighted by Crippen LogP contribution is -1.27. The van der Waals surface area contributed by atoms with E-state index in [1.807, 2.05) is 6.42 Å². The average Bonchev–Trinajstić information content (AvgIpc) is 1.75. The van der Waals surface area contributed by atoms with E-state index in [1.54, 1.807) is 0 Å². The van der Waals surface area contributed by atoms with Crippen molar-refractivity contribution in [3.63, 3.8) is 0 Å². The normalized spacial score (nSPS) is 26.2. The standard InChI is InChI=1S/C3H3Cl/c4-3-1-2-3/h1H,2H2. The van der Waals surface area contributed by atoms with Gasteiger partial charge in [-0.05, 0) is 12.8 Å². The van der Waals surface area contributed by atoms with Gasteiger partial charge in [-0.2, -0.15) is 0 Å². The summed E-state index contributed by atoms with van der Waals surface area (Å²) in [4.78, 5) is 0. The van der Waals surface area contributed by atoms with Crippen molar-refractivity contribution in [3.05, 3.63) is 11.8 Å². The van der Waals surface area contributed by atoms with Crippen molar-refractivity contribution in [2.45, 2.75) is 6.42 Å². The summed E-state index contributed by atoms with van der Waals surface area (Å²) in [7, 11) is 0. The smallest absolute Gasteiger partial charge is 0.0676 e. The molecule has 0 nitrogen and oxygen atoms in total. The Morgan fingerprint density at radius 2 is 2.25 bits per heavy atom. The van der Waals surface area contributed by atoms with Crippen molar-refractivity contribution in [1.29, 1.82) is 0 Å². The van der Waals surface area contributed by atoms with E-state index < -0.39 is 0 Å². The Morgan fingerprint density at radius 3 is 2.25 bits per heavy atom. The van der Waals surface area contributed by atoms with Crippen LogP contribution in [0.1, 0.15) is 6.42 Å². The topological polar surface area (TPSA) is 0 Å². The van der Waals surface area contributed by atoms with Gasteiger partial charge in [0.15, 0.2) is 0 Å². The first-order valence-electron chi connectivity index (χ1n) is 1.24. The Kier molecular flexibility index (Phi) is 0.389. The molecule has 0 N–H and O–H groups in total. The molecule has 1 fully saturated rings. The van der Waals surface area contributed by atoms with Gasteiger partial charge in [-0.3, -0.25) is 0 Å². The predicted octanol–water partition coefficient (Wildman–Crippen LogP) is 1.37. The molecule has 1 rings (SSSR count). The minimum atomic E-state index is 1.01. The maximum atomic E-state index is 5.25. The van der Waals surface area contributed by atoms with Gasteiger partial charge in [-0.25, -0.2) is 0 Å². The minimum Gasteiger partial charge on any atom is -0.117 e. The molecule has 1 aliphatic carbocycles. The van der Waals surface area contributed by atoms with Crippen LogP contribution in [0.4, 0.5) is 0 Å². The van der Waals surface area contributed by atoms with Crippen molar-refractivity contribution >= 4 is 11.6 Å². The molecule has 0 aromatic heterocycles. The average molecular weight is 74.5 g/mol. The molecule has 0 amide bonds. The van der Waals surface area contributed by atoms with Crippen LogP contribution >= 0.6 is 11.6 Å². The third-order valence-electron chi connectivity index (χ3n) is 0.358. The lowest BCUT2D eigenvalue weighted by atomic mass is 11.0. The fourth-order valence-corrected chi connectivity index (χ4v) is 0.116. The first-order chi connectivity index (χ1) is 1.89. The van der Waals surface area contributed by atoms with E-state index in [1.165, 1.54) is 0 Å². The van der Waals surface area contributed by atoms with E-state index in [0.717, 1.165) is 11.8 Å². The van der Waals surface area contributed by atoms with Gasteiger partial charge < -0.3 is 0 Å². The molecule has 0 unspecified atom stereocenters. The van der Waals surface area contributed by atoms with Crippen LogP contribution in [-0.2, 0) is 0 Å². The van der Waals surface area contributed by atoms with Crippen molar-refractivity contribution < 1.29 is 0 Å². The van der Waals surface area contributed by atoms with Crippen LogP contribution in [0.15, 0.2) is 0 Å². The Balaban J connectivity index is 2.17. The lowest BCUT2D eigenvalue weighted by Gasteiger charge is -1.48. The summed E-state index contributed by atoms with van der Waals surface area (Å²) in [5.41, 5.74) is 0. The first kappa shape index (κ1) is 2.52. The highest BCUT2D eigenvalue weighted by Gasteiger charge is 2.18. The molecule has 0 heterocycles. The molecule has 0 saturated heterocycles. The summed E-state index contributed by atoms with van der Waals surface area (Å²) in [6, 6.07) is 0. The predicted molar refractivity (Wildman–Crippen MR) is 18.0 cm³/mol. The Bertz CT molecular complexity index is 22.5. The van der Waals surface area contributed by atoms with Gasteiger partial charge in [0.2, 0.25) is 0 Å². The van der Waals surface area contributed by atoms with Crippen LogP contribution in [0.25, 0.3) is 0 Å². The number of hydrogen-bond donors (Lipinski definition) is 0. The molecule has 0 aliphatic heterocycles. The van der Waals surface area contributed by atoms with Crippen LogP contribution in [0.3, 0.4) is 0 Å². The zero-order valence-electron chi connectivity index (χ0n) is 2.16. The molecule has 4 heavy (non-hydrogen) atoms. The van der Waals surface area contributed by atoms with E-state index in [4.69, 9.17) is 11.6 Å². The van der Waals surface area contributed by atoms with E-state index in [0.29, 0.717) is 0 Å². The van der Waals surface area contributed by atoms with Crippen molar-refractivity contribution in [2.24, 2.45) is 0 Å². The van der Waals surface area contributed by atoms with Gasteiger partial charge in [-0.1, -0.05) is 0 Å². The SMILES string of the molecule is Cl[C]1[CH]C1. The first-order valence-corrected chi connectivity index (χ1v) is 1.62. The second kappa shape index (κ2) is 0.617. The third-order valence-corrected chi connectivity index (χ3v) is 0.667. The van der Waals surface area contributed by atoms with E-state index in [2.05, 4.69) is 0 Å². The molecular formula is C3H3Cl. The number of rotatable bonds is 0. The summed E-state index contributed by atoms with van der Waals surface area (Å²) in [5.74, 6) is 0. The lowest BCUT2D eigenvalue weighted by molar-refractivity contribution is 1.68. The largest absolute Gasteiger partial charge is 0.117 e. The monoisotopic (exact) mass is 74.0 g/mol. The quantitative estimate of drug-likeness (QED) is 0.407. The van der Waals surface area contributed by atoms with E-state index in [-0.39, 0.29) is 0 Å². The maximum Gasteiger partial charge on any atom is 0.0676 e. The van der Waals surface area contributed by atoms with Gasteiger partial charge in [0.25, 0.3) is 0 Å². The zero-order chi connectivity index (χ0) is 2.99. The molecule has 1 heteroatoms. The highest BCUT2D eigenvalue weighted by molar-refractivity contribution is 6.30. The molecular weight excluding hydrogens is 71.5 g/mol. The molecule has 0 bridgehead atoms. The molecule has 0 aromatic rings. The fraction of sp³-hybridized carbons (Fsp3) is 0.333. The molecule has 1 saturated carbocycles. The second-order valence-electron chi connectivity index (χ2n) is 0.855. The van der Waals surface area contributed by atoms with Gasteiger partial charge >= 0.3 is 0 Å². The molecule has 0 aromatic carbocycles. The Hall–Kier alpha value is 0.290. The summed E-state index contributed by atoms with van der Waals surface area (Å²) in [5, 5.41) is 1.01. The van der Waals surface area contributed by atoms with Crippen LogP contribution in [0.5, 0.6) is 0 Å². The van der Waals surface area contributed by atoms with Crippen molar-refractivity contribution in [1.82, 2.24) is 0 Å². The summed E-state index contributed by atoms with van der Waals surface area (Å²) in [6.07, 6.45) is 3.02. The summed E-state index contributed by atoms with van der Waals surface area (Å²) >= 11 is 5.25. The van der Waals surface area contributed by atoms with Gasteiger partial charge in [0.05, 0.1) is 5.38 Å².